The largest absolute Gasteiger partial charge is 0.460 e. The molecule has 78 valence electrons. The van der Waals surface area contributed by atoms with Crippen molar-refractivity contribution in [2.45, 2.75) is 6.92 Å². The number of benzene rings is 1. The van der Waals surface area contributed by atoms with Gasteiger partial charge in [0.2, 0.25) is 0 Å². The Morgan fingerprint density at radius 2 is 2.40 bits per heavy atom. The third-order valence-corrected chi connectivity index (χ3v) is 2.58. The SMILES string of the molecule is CCOC(=O)c1onc2cccc(Br)c12. The third kappa shape index (κ3) is 1.74. The average Bonchev–Trinajstić information content (AvgIpc) is 2.63. The third-order valence-electron chi connectivity index (χ3n) is 1.91. The van der Waals surface area contributed by atoms with Gasteiger partial charge in [0.15, 0.2) is 0 Å². The molecule has 0 amide bonds. The van der Waals surface area contributed by atoms with E-state index in [1.165, 1.54) is 0 Å². The summed E-state index contributed by atoms with van der Waals surface area (Å²) in [6.07, 6.45) is 0. The zero-order chi connectivity index (χ0) is 10.8. The number of esters is 1. The molecule has 15 heavy (non-hydrogen) atoms. The first-order valence-corrected chi connectivity index (χ1v) is 5.24. The van der Waals surface area contributed by atoms with E-state index in [4.69, 9.17) is 9.26 Å². The molecule has 5 heteroatoms. The summed E-state index contributed by atoms with van der Waals surface area (Å²) < 4.78 is 10.6. The minimum Gasteiger partial charge on any atom is -0.460 e. The van der Waals surface area contributed by atoms with Gasteiger partial charge in [-0.25, -0.2) is 4.79 Å². The van der Waals surface area contributed by atoms with Gasteiger partial charge in [0, 0.05) is 4.47 Å². The predicted molar refractivity (Wildman–Crippen MR) is 57.7 cm³/mol. The van der Waals surface area contributed by atoms with Crippen molar-refractivity contribution < 1.29 is 14.1 Å². The highest BCUT2D eigenvalue weighted by Crippen LogP contribution is 2.27. The summed E-state index contributed by atoms with van der Waals surface area (Å²) in [5.41, 5.74) is 0.632. The van der Waals surface area contributed by atoms with Gasteiger partial charge in [-0.2, -0.15) is 0 Å². The molecule has 0 saturated heterocycles. The highest BCUT2D eigenvalue weighted by atomic mass is 79.9. The fourth-order valence-corrected chi connectivity index (χ4v) is 1.83. The minimum absolute atomic E-state index is 0.138. The number of fused-ring (bicyclic) bond motifs is 1. The highest BCUT2D eigenvalue weighted by Gasteiger charge is 2.19. The standard InChI is InChI=1S/C10H8BrNO3/c1-2-14-10(13)9-8-6(11)4-3-5-7(8)12-15-9/h3-5H,2H2,1H3. The Morgan fingerprint density at radius 1 is 1.60 bits per heavy atom. The van der Waals surface area contributed by atoms with E-state index in [0.29, 0.717) is 17.5 Å². The van der Waals surface area contributed by atoms with Crippen molar-refractivity contribution in [1.82, 2.24) is 5.16 Å². The smallest absolute Gasteiger partial charge is 0.377 e. The van der Waals surface area contributed by atoms with Gasteiger partial charge in [-0.1, -0.05) is 11.2 Å². The molecule has 0 aliphatic rings. The van der Waals surface area contributed by atoms with Gasteiger partial charge in [0.25, 0.3) is 5.76 Å². The first kappa shape index (κ1) is 10.2. The monoisotopic (exact) mass is 269 g/mol. The van der Waals surface area contributed by atoms with Crippen LogP contribution in [0.1, 0.15) is 17.5 Å². The van der Waals surface area contributed by atoms with E-state index in [-0.39, 0.29) is 5.76 Å². The maximum absolute atomic E-state index is 11.5. The predicted octanol–water partition coefficient (Wildman–Crippen LogP) is 2.77. The molecule has 2 aromatic rings. The number of halogens is 1. The molecule has 0 aliphatic carbocycles. The van der Waals surface area contributed by atoms with Crippen LogP contribution in [-0.4, -0.2) is 17.7 Å². The molecule has 0 aliphatic heterocycles. The molecular weight excluding hydrogens is 262 g/mol. The van der Waals surface area contributed by atoms with Crippen molar-refractivity contribution in [3.8, 4) is 0 Å². The molecule has 0 bridgehead atoms. The summed E-state index contributed by atoms with van der Waals surface area (Å²) in [6.45, 7) is 2.05. The molecule has 4 nitrogen and oxygen atoms in total. The Hall–Kier alpha value is -1.36. The fourth-order valence-electron chi connectivity index (χ4n) is 1.29. The number of aromatic nitrogens is 1. The maximum Gasteiger partial charge on any atom is 0.377 e. The van der Waals surface area contributed by atoms with E-state index < -0.39 is 5.97 Å². The summed E-state index contributed by atoms with van der Waals surface area (Å²) in [5.74, 6) is -0.355. The van der Waals surface area contributed by atoms with Crippen molar-refractivity contribution in [3.05, 3.63) is 28.4 Å². The molecule has 0 N–H and O–H groups in total. The van der Waals surface area contributed by atoms with Gasteiger partial charge in [0.05, 0.1) is 12.0 Å². The van der Waals surface area contributed by atoms with Crippen LogP contribution in [0, 0.1) is 0 Å². The second kappa shape index (κ2) is 4.02. The number of carbonyl (C=O) groups is 1. The van der Waals surface area contributed by atoms with Crippen LogP contribution in [0.5, 0.6) is 0 Å². The number of rotatable bonds is 2. The molecule has 0 saturated carbocycles. The second-order valence-electron chi connectivity index (χ2n) is 2.87. The number of hydrogen-bond acceptors (Lipinski definition) is 4. The fraction of sp³-hybridized carbons (Fsp3) is 0.200. The van der Waals surface area contributed by atoms with Crippen LogP contribution in [0.4, 0.5) is 0 Å². The van der Waals surface area contributed by atoms with Gasteiger partial charge in [-0.3, -0.25) is 0 Å². The first-order chi connectivity index (χ1) is 7.24. The van der Waals surface area contributed by atoms with Crippen molar-refractivity contribution in [3.63, 3.8) is 0 Å². The van der Waals surface area contributed by atoms with Crippen molar-refractivity contribution >= 4 is 32.8 Å². The van der Waals surface area contributed by atoms with Crippen LogP contribution in [0.25, 0.3) is 10.9 Å². The van der Waals surface area contributed by atoms with Crippen molar-refractivity contribution in [2.24, 2.45) is 0 Å². The minimum atomic E-state index is -0.494. The Balaban J connectivity index is 2.57. The first-order valence-electron chi connectivity index (χ1n) is 4.45. The Bertz CT molecular complexity index is 506. The molecule has 2 rings (SSSR count). The number of hydrogen-bond donors (Lipinski definition) is 0. The van der Waals surface area contributed by atoms with Gasteiger partial charge in [-0.15, -0.1) is 0 Å². The summed E-state index contributed by atoms with van der Waals surface area (Å²) >= 11 is 3.34. The van der Waals surface area contributed by atoms with Crippen molar-refractivity contribution in [2.75, 3.05) is 6.61 Å². The lowest BCUT2D eigenvalue weighted by Gasteiger charge is -1.97. The Kier molecular flexibility index (Phi) is 2.73. The average molecular weight is 270 g/mol. The van der Waals surface area contributed by atoms with E-state index >= 15 is 0 Å². The molecule has 0 unspecified atom stereocenters. The molecule has 1 aromatic carbocycles. The van der Waals surface area contributed by atoms with E-state index in [1.54, 1.807) is 13.0 Å². The lowest BCUT2D eigenvalue weighted by Crippen LogP contribution is -2.03. The van der Waals surface area contributed by atoms with Crippen LogP contribution in [0.15, 0.2) is 27.2 Å². The van der Waals surface area contributed by atoms with Crippen LogP contribution in [0.2, 0.25) is 0 Å². The lowest BCUT2D eigenvalue weighted by atomic mass is 10.2. The van der Waals surface area contributed by atoms with E-state index in [0.717, 1.165) is 4.47 Å². The van der Waals surface area contributed by atoms with Crippen molar-refractivity contribution in [1.29, 1.82) is 0 Å². The highest BCUT2D eigenvalue weighted by molar-refractivity contribution is 9.10. The van der Waals surface area contributed by atoms with E-state index in [2.05, 4.69) is 21.1 Å². The zero-order valence-corrected chi connectivity index (χ0v) is 9.58. The van der Waals surface area contributed by atoms with Gasteiger partial charge in [0.1, 0.15) is 5.52 Å². The Morgan fingerprint density at radius 3 is 3.13 bits per heavy atom. The molecule has 0 spiro atoms. The van der Waals surface area contributed by atoms with Gasteiger partial charge < -0.3 is 9.26 Å². The molecule has 0 atom stereocenters. The van der Waals surface area contributed by atoms with Gasteiger partial charge >= 0.3 is 5.97 Å². The second-order valence-corrected chi connectivity index (χ2v) is 3.72. The quantitative estimate of drug-likeness (QED) is 0.787. The van der Waals surface area contributed by atoms with Gasteiger partial charge in [-0.05, 0) is 35.0 Å². The number of carbonyl (C=O) groups excluding carboxylic acids is 1. The molecule has 1 heterocycles. The number of nitrogens with zero attached hydrogens (tertiary/aromatic N) is 1. The summed E-state index contributed by atoms with van der Waals surface area (Å²) in [5, 5.41) is 4.43. The normalized spacial score (nSPS) is 10.5. The summed E-state index contributed by atoms with van der Waals surface area (Å²) in [7, 11) is 0. The molecule has 1 aromatic heterocycles. The molecule has 0 fully saturated rings. The molecule has 0 radical (unpaired) electrons. The van der Waals surface area contributed by atoms with E-state index in [1.807, 2.05) is 12.1 Å². The number of ether oxygens (including phenoxy) is 1. The summed E-state index contributed by atoms with van der Waals surface area (Å²) in [4.78, 5) is 11.5. The van der Waals surface area contributed by atoms with E-state index in [9.17, 15) is 4.79 Å². The lowest BCUT2D eigenvalue weighted by molar-refractivity contribution is 0.0483. The zero-order valence-electron chi connectivity index (χ0n) is 7.99. The van der Waals surface area contributed by atoms with Crippen LogP contribution >= 0.6 is 15.9 Å². The van der Waals surface area contributed by atoms with Crippen LogP contribution < -0.4 is 0 Å². The van der Waals surface area contributed by atoms with Crippen LogP contribution in [-0.2, 0) is 4.74 Å². The topological polar surface area (TPSA) is 52.3 Å². The molecular formula is C10H8BrNO3. The maximum atomic E-state index is 11.5. The Labute approximate surface area is 94.3 Å². The van der Waals surface area contributed by atoms with Crippen LogP contribution in [0.3, 0.4) is 0 Å². The summed E-state index contributed by atoms with van der Waals surface area (Å²) in [6, 6.07) is 5.42.